The van der Waals surface area contributed by atoms with Gasteiger partial charge in [-0.1, -0.05) is 30.0 Å². The number of hydrogen-bond donors (Lipinski definition) is 0. The van der Waals surface area contributed by atoms with Gasteiger partial charge in [0.05, 0.1) is 25.5 Å². The molecule has 2 aromatic carbocycles. The molecule has 1 unspecified atom stereocenters. The van der Waals surface area contributed by atoms with Crippen LogP contribution in [0.3, 0.4) is 0 Å². The predicted octanol–water partition coefficient (Wildman–Crippen LogP) is 3.72. The van der Waals surface area contributed by atoms with E-state index in [2.05, 4.69) is 15.2 Å². The first-order chi connectivity index (χ1) is 14.6. The fourth-order valence-electron chi connectivity index (χ4n) is 3.36. The molecule has 0 bridgehead atoms. The highest BCUT2D eigenvalue weighted by molar-refractivity contribution is 7.98. The molecule has 0 saturated heterocycles. The van der Waals surface area contributed by atoms with E-state index in [4.69, 9.17) is 14.2 Å². The fourth-order valence-corrected chi connectivity index (χ4v) is 3.66. The highest BCUT2D eigenvalue weighted by Crippen LogP contribution is 2.45. The Labute approximate surface area is 178 Å². The van der Waals surface area contributed by atoms with Crippen molar-refractivity contribution in [3.8, 4) is 28.6 Å². The topological polar surface area (TPSA) is 86.7 Å². The van der Waals surface area contributed by atoms with Crippen LogP contribution in [0, 0.1) is 0 Å². The molecular weight excluding hydrogens is 404 g/mol. The lowest BCUT2D eigenvalue weighted by Crippen LogP contribution is -2.36. The third-order valence-corrected chi connectivity index (χ3v) is 5.28. The summed E-state index contributed by atoms with van der Waals surface area (Å²) in [7, 11) is 3.14. The number of hydrogen-bond acceptors (Lipinski definition) is 8. The van der Waals surface area contributed by atoms with Crippen molar-refractivity contribution in [1.82, 2.24) is 15.2 Å². The van der Waals surface area contributed by atoms with E-state index >= 15 is 0 Å². The summed E-state index contributed by atoms with van der Waals surface area (Å²) in [5.74, 6) is 1.26. The predicted molar refractivity (Wildman–Crippen MR) is 113 cm³/mol. The zero-order valence-corrected chi connectivity index (χ0v) is 17.8. The van der Waals surface area contributed by atoms with Gasteiger partial charge in [0, 0.05) is 18.6 Å². The second kappa shape index (κ2) is 8.19. The number of thioether (sulfide) groups is 1. The SMILES string of the molecule is COc1ccc(C2Oc3nc(SC)nnc3-c3ccccc3N2C(C)=O)c(OC)c1. The first-order valence-electron chi connectivity index (χ1n) is 9.13. The Morgan fingerprint density at radius 3 is 2.63 bits per heavy atom. The average Bonchev–Trinajstić information content (AvgIpc) is 2.92. The minimum Gasteiger partial charge on any atom is -0.497 e. The van der Waals surface area contributed by atoms with Gasteiger partial charge in [-0.25, -0.2) is 0 Å². The maximum absolute atomic E-state index is 12.8. The molecule has 3 aromatic rings. The maximum atomic E-state index is 12.8. The molecule has 4 rings (SSSR count). The molecule has 0 N–H and O–H groups in total. The standard InChI is InChI=1S/C21H20N4O4S/c1-12(26)25-16-8-6-5-7-14(16)18-19(22-21(30-4)24-23-18)29-20(25)15-10-9-13(27-2)11-17(15)28-3/h5-11,20H,1-4H3. The molecule has 0 saturated carbocycles. The van der Waals surface area contributed by atoms with Crippen molar-refractivity contribution in [3.05, 3.63) is 48.0 Å². The van der Waals surface area contributed by atoms with Crippen molar-refractivity contribution >= 4 is 23.4 Å². The van der Waals surface area contributed by atoms with Gasteiger partial charge in [-0.05, 0) is 24.5 Å². The molecule has 1 amide bonds. The molecule has 0 aliphatic carbocycles. The van der Waals surface area contributed by atoms with E-state index in [-0.39, 0.29) is 5.91 Å². The molecule has 1 aliphatic heterocycles. The minimum absolute atomic E-state index is 0.198. The number of carbonyl (C=O) groups excluding carboxylic acids is 1. The first-order valence-corrected chi connectivity index (χ1v) is 10.4. The van der Waals surface area contributed by atoms with Crippen LogP contribution in [0.5, 0.6) is 17.4 Å². The number of anilines is 1. The number of nitrogens with zero attached hydrogens (tertiary/aromatic N) is 4. The van der Waals surface area contributed by atoms with Gasteiger partial charge in [0.15, 0.2) is 5.69 Å². The summed E-state index contributed by atoms with van der Waals surface area (Å²) in [5, 5.41) is 8.96. The summed E-state index contributed by atoms with van der Waals surface area (Å²) < 4.78 is 17.2. The van der Waals surface area contributed by atoms with Gasteiger partial charge in [-0.3, -0.25) is 9.69 Å². The van der Waals surface area contributed by atoms with Gasteiger partial charge in [0.2, 0.25) is 23.2 Å². The lowest BCUT2D eigenvalue weighted by atomic mass is 10.1. The molecule has 8 nitrogen and oxygen atoms in total. The number of fused-ring (bicyclic) bond motifs is 3. The molecule has 1 atom stereocenters. The lowest BCUT2D eigenvalue weighted by Gasteiger charge is -2.30. The smallest absolute Gasteiger partial charge is 0.247 e. The Morgan fingerprint density at radius 2 is 1.93 bits per heavy atom. The monoisotopic (exact) mass is 424 g/mol. The van der Waals surface area contributed by atoms with Gasteiger partial charge in [-0.15, -0.1) is 10.2 Å². The molecule has 1 aromatic heterocycles. The van der Waals surface area contributed by atoms with Crippen LogP contribution in [-0.2, 0) is 4.79 Å². The van der Waals surface area contributed by atoms with E-state index in [1.165, 1.54) is 18.7 Å². The summed E-state index contributed by atoms with van der Waals surface area (Å²) in [6, 6.07) is 12.8. The van der Waals surface area contributed by atoms with Crippen molar-refractivity contribution in [2.75, 3.05) is 25.4 Å². The number of rotatable bonds is 4. The Kier molecular flexibility index (Phi) is 5.45. The molecule has 2 heterocycles. The van der Waals surface area contributed by atoms with Crippen LogP contribution in [0.4, 0.5) is 5.69 Å². The van der Waals surface area contributed by atoms with Crippen molar-refractivity contribution in [3.63, 3.8) is 0 Å². The van der Waals surface area contributed by atoms with Gasteiger partial charge >= 0.3 is 0 Å². The molecule has 0 radical (unpaired) electrons. The third kappa shape index (κ3) is 3.41. The summed E-state index contributed by atoms with van der Waals surface area (Å²) >= 11 is 1.36. The van der Waals surface area contributed by atoms with Crippen LogP contribution in [0.2, 0.25) is 0 Å². The average molecular weight is 424 g/mol. The number of carbonyl (C=O) groups is 1. The van der Waals surface area contributed by atoms with E-state index in [9.17, 15) is 4.79 Å². The Balaban J connectivity index is 1.97. The van der Waals surface area contributed by atoms with Crippen LogP contribution in [0.15, 0.2) is 47.6 Å². The second-order valence-electron chi connectivity index (χ2n) is 6.44. The zero-order chi connectivity index (χ0) is 21.3. The van der Waals surface area contributed by atoms with Gasteiger partial charge in [0.25, 0.3) is 0 Å². The van der Waals surface area contributed by atoms with Crippen molar-refractivity contribution in [2.24, 2.45) is 0 Å². The quantitative estimate of drug-likeness (QED) is 0.586. The summed E-state index contributed by atoms with van der Waals surface area (Å²) in [4.78, 5) is 18.9. The van der Waals surface area contributed by atoms with E-state index in [1.807, 2.05) is 36.6 Å². The number of methoxy groups -OCH3 is 2. The van der Waals surface area contributed by atoms with Gasteiger partial charge in [-0.2, -0.15) is 4.98 Å². The largest absolute Gasteiger partial charge is 0.497 e. The van der Waals surface area contributed by atoms with E-state index in [1.54, 1.807) is 31.3 Å². The zero-order valence-electron chi connectivity index (χ0n) is 16.9. The molecule has 1 aliphatic rings. The molecular formula is C21H20N4O4S. The van der Waals surface area contributed by atoms with E-state index < -0.39 is 6.23 Å². The van der Waals surface area contributed by atoms with Gasteiger partial charge in [0.1, 0.15) is 11.5 Å². The van der Waals surface area contributed by atoms with Crippen molar-refractivity contribution < 1.29 is 19.0 Å². The van der Waals surface area contributed by atoms with Crippen LogP contribution < -0.4 is 19.1 Å². The van der Waals surface area contributed by atoms with Gasteiger partial charge < -0.3 is 14.2 Å². The molecule has 30 heavy (non-hydrogen) atoms. The maximum Gasteiger partial charge on any atom is 0.247 e. The molecule has 0 spiro atoms. The van der Waals surface area contributed by atoms with Crippen LogP contribution in [0.25, 0.3) is 11.3 Å². The molecule has 154 valence electrons. The molecule has 9 heteroatoms. The van der Waals surface area contributed by atoms with Crippen molar-refractivity contribution in [1.29, 1.82) is 0 Å². The number of para-hydroxylation sites is 1. The fraction of sp³-hybridized carbons (Fsp3) is 0.238. The van der Waals surface area contributed by atoms with Crippen LogP contribution in [0.1, 0.15) is 18.7 Å². The molecule has 0 fully saturated rings. The number of amides is 1. The van der Waals surface area contributed by atoms with Crippen molar-refractivity contribution in [2.45, 2.75) is 18.3 Å². The number of ether oxygens (including phenoxy) is 3. The summed E-state index contributed by atoms with van der Waals surface area (Å²) in [6.07, 6.45) is 1.04. The summed E-state index contributed by atoms with van der Waals surface area (Å²) in [6.45, 7) is 1.49. The van der Waals surface area contributed by atoms with E-state index in [0.29, 0.717) is 45.0 Å². The second-order valence-corrected chi connectivity index (χ2v) is 7.21. The lowest BCUT2D eigenvalue weighted by molar-refractivity contribution is -0.118. The van der Waals surface area contributed by atoms with Crippen LogP contribution in [-0.4, -0.2) is 41.6 Å². The van der Waals surface area contributed by atoms with Crippen LogP contribution >= 0.6 is 11.8 Å². The van der Waals surface area contributed by atoms with E-state index in [0.717, 1.165) is 0 Å². The first kappa shape index (κ1) is 20.0. The third-order valence-electron chi connectivity index (χ3n) is 4.74. The highest BCUT2D eigenvalue weighted by Gasteiger charge is 2.36. The normalized spacial score (nSPS) is 14.8. The number of benzene rings is 2. The minimum atomic E-state index is -0.822. The summed E-state index contributed by atoms with van der Waals surface area (Å²) in [5.41, 5.74) is 2.50. The highest BCUT2D eigenvalue weighted by atomic mass is 32.2. The Bertz CT molecular complexity index is 1110. The number of aromatic nitrogens is 3. The Morgan fingerprint density at radius 1 is 1.13 bits per heavy atom. The Hall–Kier alpha value is -3.33.